The third kappa shape index (κ3) is 2.39. The molecule has 1 aliphatic carbocycles. The first-order valence-corrected chi connectivity index (χ1v) is 5.98. The van der Waals surface area contributed by atoms with Crippen molar-refractivity contribution in [2.75, 3.05) is 7.11 Å². The number of halogens is 1. The smallest absolute Gasteiger partial charge is 0.406 e. The molecule has 0 bridgehead atoms. The van der Waals surface area contributed by atoms with E-state index in [1.807, 2.05) is 0 Å². The van der Waals surface area contributed by atoms with Gasteiger partial charge >= 0.3 is 5.82 Å². The molecule has 1 aromatic rings. The summed E-state index contributed by atoms with van der Waals surface area (Å²) in [6.07, 6.45) is 1.86. The lowest BCUT2D eigenvalue weighted by molar-refractivity contribution is -0.390. The van der Waals surface area contributed by atoms with Crippen molar-refractivity contribution < 1.29 is 14.4 Å². The summed E-state index contributed by atoms with van der Waals surface area (Å²) >= 11 is 3.43. The van der Waals surface area contributed by atoms with Crippen LogP contribution in [0.4, 0.5) is 5.82 Å². The minimum atomic E-state index is -0.554. The number of ether oxygens (including phenoxy) is 2. The Morgan fingerprint density at radius 2 is 2.41 bits per heavy atom. The molecule has 0 aliphatic heterocycles. The molecule has 1 aliphatic rings. The number of rotatable bonds is 4. The molecule has 7 heteroatoms. The van der Waals surface area contributed by atoms with Gasteiger partial charge in [-0.2, -0.15) is 0 Å². The first-order chi connectivity index (χ1) is 8.13. The van der Waals surface area contributed by atoms with Crippen LogP contribution in [0.5, 0.6) is 5.75 Å². The van der Waals surface area contributed by atoms with E-state index in [1.165, 1.54) is 6.20 Å². The third-order valence-electron chi connectivity index (χ3n) is 2.65. The highest BCUT2D eigenvalue weighted by molar-refractivity contribution is 9.09. The Morgan fingerprint density at radius 1 is 1.65 bits per heavy atom. The largest absolute Gasteiger partial charge is 0.480 e. The number of alkyl halides is 1. The van der Waals surface area contributed by atoms with Crippen LogP contribution in [0.1, 0.15) is 6.42 Å². The fraction of sp³-hybridized carbons (Fsp3) is 0.500. The van der Waals surface area contributed by atoms with E-state index in [0.717, 1.165) is 6.42 Å². The molecule has 1 heterocycles. The highest BCUT2D eigenvalue weighted by Gasteiger charge is 2.42. The van der Waals surface area contributed by atoms with E-state index < -0.39 is 4.92 Å². The van der Waals surface area contributed by atoms with Crippen LogP contribution < -0.4 is 4.74 Å². The molecule has 1 aromatic heterocycles. The van der Waals surface area contributed by atoms with Gasteiger partial charge in [0.25, 0.3) is 0 Å². The molecular weight excluding hydrogens is 292 g/mol. The van der Waals surface area contributed by atoms with Crippen LogP contribution in [0.15, 0.2) is 18.3 Å². The topological polar surface area (TPSA) is 74.5 Å². The van der Waals surface area contributed by atoms with Crippen LogP contribution in [-0.2, 0) is 4.74 Å². The molecule has 17 heavy (non-hydrogen) atoms. The summed E-state index contributed by atoms with van der Waals surface area (Å²) in [5.74, 6) is -0.0793. The summed E-state index contributed by atoms with van der Waals surface area (Å²) in [6, 6.07) is 3.15. The lowest BCUT2D eigenvalue weighted by Crippen LogP contribution is -2.51. The van der Waals surface area contributed by atoms with Crippen molar-refractivity contribution in [2.45, 2.75) is 23.5 Å². The van der Waals surface area contributed by atoms with E-state index in [9.17, 15) is 10.1 Å². The summed E-state index contributed by atoms with van der Waals surface area (Å²) in [5.41, 5.74) is 0. The zero-order valence-electron chi connectivity index (χ0n) is 9.08. The number of nitrogens with zero attached hydrogens (tertiary/aromatic N) is 2. The Bertz CT molecular complexity index is 429. The summed E-state index contributed by atoms with van der Waals surface area (Å²) in [6.45, 7) is 0. The highest BCUT2D eigenvalue weighted by Crippen LogP contribution is 2.35. The van der Waals surface area contributed by atoms with Gasteiger partial charge in [-0.05, 0) is 22.0 Å². The number of pyridine rings is 1. The molecule has 6 nitrogen and oxygen atoms in total. The Kier molecular flexibility index (Phi) is 3.58. The molecule has 2 rings (SSSR count). The van der Waals surface area contributed by atoms with Crippen molar-refractivity contribution in [2.24, 2.45) is 0 Å². The fourth-order valence-corrected chi connectivity index (χ4v) is 2.64. The predicted molar refractivity (Wildman–Crippen MR) is 63.4 cm³/mol. The fourth-order valence-electron chi connectivity index (χ4n) is 1.72. The number of methoxy groups -OCH3 is 1. The first kappa shape index (κ1) is 12.3. The maximum Gasteiger partial charge on any atom is 0.406 e. The maximum atomic E-state index is 10.7. The first-order valence-electron chi connectivity index (χ1n) is 5.06. The molecule has 0 spiro atoms. The SMILES string of the molecule is COC1C(Br)CC1Oc1cccnc1[N+](=O)[O-]. The van der Waals surface area contributed by atoms with Crippen LogP contribution >= 0.6 is 15.9 Å². The van der Waals surface area contributed by atoms with Gasteiger partial charge in [0.15, 0.2) is 0 Å². The van der Waals surface area contributed by atoms with E-state index >= 15 is 0 Å². The normalized spacial score (nSPS) is 27.3. The van der Waals surface area contributed by atoms with Crippen molar-refractivity contribution in [3.05, 3.63) is 28.4 Å². The molecule has 92 valence electrons. The molecule has 3 atom stereocenters. The maximum absolute atomic E-state index is 10.7. The molecule has 0 amide bonds. The molecule has 1 saturated carbocycles. The van der Waals surface area contributed by atoms with Gasteiger partial charge in [0, 0.05) is 18.4 Å². The lowest BCUT2D eigenvalue weighted by atomic mass is 9.91. The average molecular weight is 303 g/mol. The average Bonchev–Trinajstić information content (AvgIpc) is 2.29. The van der Waals surface area contributed by atoms with Crippen LogP contribution in [0.3, 0.4) is 0 Å². The van der Waals surface area contributed by atoms with Crippen molar-refractivity contribution in [1.82, 2.24) is 4.98 Å². The molecule has 1 fully saturated rings. The van der Waals surface area contributed by atoms with Crippen molar-refractivity contribution in [3.63, 3.8) is 0 Å². The van der Waals surface area contributed by atoms with Gasteiger partial charge in [-0.3, -0.25) is 0 Å². The van der Waals surface area contributed by atoms with Crippen LogP contribution in [-0.4, -0.2) is 34.1 Å². The van der Waals surface area contributed by atoms with E-state index in [0.29, 0.717) is 0 Å². The number of nitro groups is 1. The second-order valence-corrected chi connectivity index (χ2v) is 4.87. The monoisotopic (exact) mass is 302 g/mol. The van der Waals surface area contributed by atoms with Gasteiger partial charge < -0.3 is 19.6 Å². The Morgan fingerprint density at radius 3 is 3.00 bits per heavy atom. The van der Waals surface area contributed by atoms with E-state index in [2.05, 4.69) is 20.9 Å². The molecule has 0 saturated heterocycles. The Hall–Kier alpha value is -1.21. The van der Waals surface area contributed by atoms with Gasteiger partial charge in [0.1, 0.15) is 18.4 Å². The van der Waals surface area contributed by atoms with E-state index in [-0.39, 0.29) is 28.6 Å². The molecule has 0 radical (unpaired) electrons. The summed E-state index contributed by atoms with van der Waals surface area (Å²) < 4.78 is 10.8. The highest BCUT2D eigenvalue weighted by atomic mass is 79.9. The molecule has 3 unspecified atom stereocenters. The van der Waals surface area contributed by atoms with Crippen molar-refractivity contribution >= 4 is 21.7 Å². The number of hydrogen-bond donors (Lipinski definition) is 0. The number of aromatic nitrogens is 1. The van der Waals surface area contributed by atoms with Gasteiger partial charge in [0.05, 0.1) is 0 Å². The summed E-state index contributed by atoms with van der Waals surface area (Å²) in [4.78, 5) is 14.1. The Labute approximate surface area is 106 Å². The zero-order chi connectivity index (χ0) is 12.4. The second kappa shape index (κ2) is 4.97. The van der Waals surface area contributed by atoms with Gasteiger partial charge in [-0.25, -0.2) is 0 Å². The molecule has 0 aromatic carbocycles. The van der Waals surface area contributed by atoms with Gasteiger partial charge in [-0.15, -0.1) is 0 Å². The summed E-state index contributed by atoms with van der Waals surface area (Å²) in [7, 11) is 1.59. The van der Waals surface area contributed by atoms with E-state index in [1.54, 1.807) is 19.2 Å². The zero-order valence-corrected chi connectivity index (χ0v) is 10.7. The quantitative estimate of drug-likeness (QED) is 0.482. The minimum absolute atomic E-state index is 0.0881. The van der Waals surface area contributed by atoms with E-state index in [4.69, 9.17) is 9.47 Å². The third-order valence-corrected chi connectivity index (χ3v) is 3.55. The van der Waals surface area contributed by atoms with Crippen molar-refractivity contribution in [3.8, 4) is 5.75 Å². The minimum Gasteiger partial charge on any atom is -0.480 e. The standard InChI is InChI=1S/C10H11BrN2O4/c1-16-9-6(11)5-8(9)17-7-3-2-4-12-10(7)13(14)15/h2-4,6,8-9H,5H2,1H3. The lowest BCUT2D eigenvalue weighted by Gasteiger charge is -2.39. The summed E-state index contributed by atoms with van der Waals surface area (Å²) in [5, 5.41) is 10.7. The second-order valence-electron chi connectivity index (χ2n) is 3.69. The van der Waals surface area contributed by atoms with Gasteiger partial charge in [0.2, 0.25) is 5.75 Å². The Balaban J connectivity index is 2.12. The molecular formula is C10H11BrN2O4. The van der Waals surface area contributed by atoms with Gasteiger partial charge in [-0.1, -0.05) is 15.9 Å². The van der Waals surface area contributed by atoms with Crippen LogP contribution in [0.25, 0.3) is 0 Å². The molecule has 0 N–H and O–H groups in total. The number of hydrogen-bond acceptors (Lipinski definition) is 5. The van der Waals surface area contributed by atoms with Crippen LogP contribution in [0, 0.1) is 10.1 Å². The predicted octanol–water partition coefficient (Wildman–Crippen LogP) is 1.92. The van der Waals surface area contributed by atoms with Crippen molar-refractivity contribution in [1.29, 1.82) is 0 Å². The van der Waals surface area contributed by atoms with Crippen LogP contribution in [0.2, 0.25) is 0 Å².